The first-order chi connectivity index (χ1) is 14.0. The van der Waals surface area contributed by atoms with Gasteiger partial charge in [0.1, 0.15) is 12.4 Å². The molecule has 0 spiro atoms. The van der Waals surface area contributed by atoms with Crippen molar-refractivity contribution in [3.63, 3.8) is 0 Å². The van der Waals surface area contributed by atoms with Crippen molar-refractivity contribution in [3.05, 3.63) is 95.1 Å². The maximum atomic E-state index is 12.4. The maximum Gasteiger partial charge on any atom is 0.344 e. The lowest BCUT2D eigenvalue weighted by molar-refractivity contribution is -0.147. The summed E-state index contributed by atoms with van der Waals surface area (Å²) in [4.78, 5) is 24.2. The highest BCUT2D eigenvalue weighted by molar-refractivity contribution is 6.04. The number of carbonyl (C=O) groups excluding carboxylic acids is 2. The second-order valence-corrected chi connectivity index (χ2v) is 6.73. The van der Waals surface area contributed by atoms with Crippen molar-refractivity contribution in [1.29, 1.82) is 0 Å². The Balaban J connectivity index is 1.49. The summed E-state index contributed by atoms with van der Waals surface area (Å²) in [5, 5.41) is 2.90. The van der Waals surface area contributed by atoms with E-state index < -0.39 is 5.97 Å². The number of nitrogens with one attached hydrogen (secondary N) is 1. The van der Waals surface area contributed by atoms with E-state index >= 15 is 0 Å². The Morgan fingerprint density at radius 1 is 0.897 bits per heavy atom. The molecule has 5 heteroatoms. The Bertz CT molecular complexity index is 982. The molecule has 3 rings (SSSR count). The van der Waals surface area contributed by atoms with E-state index in [0.717, 1.165) is 22.4 Å². The molecule has 0 bridgehead atoms. The SMILES string of the molecule is Cc1ccc(NC(=O)c2ccc(OCC(=O)OCc3ccccc3)cc2)c(C)c1. The maximum absolute atomic E-state index is 12.4. The summed E-state index contributed by atoms with van der Waals surface area (Å²) in [6.45, 7) is 3.98. The van der Waals surface area contributed by atoms with Crippen LogP contribution in [-0.2, 0) is 16.1 Å². The third-order valence-electron chi connectivity index (χ3n) is 4.35. The van der Waals surface area contributed by atoms with Gasteiger partial charge in [0.15, 0.2) is 6.61 Å². The molecule has 1 amide bonds. The average molecular weight is 389 g/mol. The lowest BCUT2D eigenvalue weighted by atomic mass is 10.1. The summed E-state index contributed by atoms with van der Waals surface area (Å²) in [7, 11) is 0. The largest absolute Gasteiger partial charge is 0.482 e. The minimum absolute atomic E-state index is 0.194. The minimum Gasteiger partial charge on any atom is -0.482 e. The summed E-state index contributed by atoms with van der Waals surface area (Å²) in [5.41, 5.74) is 4.35. The fraction of sp³-hybridized carbons (Fsp3) is 0.167. The first-order valence-electron chi connectivity index (χ1n) is 9.32. The number of benzene rings is 3. The van der Waals surface area contributed by atoms with E-state index in [0.29, 0.717) is 11.3 Å². The topological polar surface area (TPSA) is 64.6 Å². The Morgan fingerprint density at radius 3 is 2.31 bits per heavy atom. The molecule has 0 saturated heterocycles. The molecular formula is C24H23NO4. The van der Waals surface area contributed by atoms with Crippen LogP contribution in [0.15, 0.2) is 72.8 Å². The van der Waals surface area contributed by atoms with Crippen molar-refractivity contribution >= 4 is 17.6 Å². The van der Waals surface area contributed by atoms with Crippen molar-refractivity contribution < 1.29 is 19.1 Å². The predicted molar refractivity (Wildman–Crippen MR) is 112 cm³/mol. The van der Waals surface area contributed by atoms with E-state index in [-0.39, 0.29) is 19.1 Å². The van der Waals surface area contributed by atoms with Gasteiger partial charge in [-0.15, -0.1) is 0 Å². The number of anilines is 1. The van der Waals surface area contributed by atoms with Crippen LogP contribution in [0, 0.1) is 13.8 Å². The van der Waals surface area contributed by atoms with Gasteiger partial charge in [0, 0.05) is 11.3 Å². The summed E-state index contributed by atoms with van der Waals surface area (Å²) in [5.74, 6) is -0.166. The van der Waals surface area contributed by atoms with E-state index in [1.165, 1.54) is 0 Å². The molecule has 3 aromatic rings. The fourth-order valence-corrected chi connectivity index (χ4v) is 2.77. The van der Waals surface area contributed by atoms with Gasteiger partial charge in [0.2, 0.25) is 0 Å². The van der Waals surface area contributed by atoms with Gasteiger partial charge in [0.05, 0.1) is 0 Å². The molecule has 0 atom stereocenters. The second kappa shape index (κ2) is 9.55. The highest BCUT2D eigenvalue weighted by atomic mass is 16.6. The van der Waals surface area contributed by atoms with Gasteiger partial charge >= 0.3 is 5.97 Å². The lowest BCUT2D eigenvalue weighted by Gasteiger charge is -2.10. The minimum atomic E-state index is -0.453. The Hall–Kier alpha value is -3.60. The van der Waals surface area contributed by atoms with E-state index in [2.05, 4.69) is 5.32 Å². The Morgan fingerprint density at radius 2 is 1.62 bits per heavy atom. The third kappa shape index (κ3) is 5.94. The van der Waals surface area contributed by atoms with Gasteiger partial charge in [0.25, 0.3) is 5.91 Å². The van der Waals surface area contributed by atoms with E-state index in [9.17, 15) is 9.59 Å². The number of ether oxygens (including phenoxy) is 2. The van der Waals surface area contributed by atoms with E-state index in [1.807, 2.05) is 62.4 Å². The van der Waals surface area contributed by atoms with Crippen molar-refractivity contribution in [2.24, 2.45) is 0 Å². The average Bonchev–Trinajstić information content (AvgIpc) is 2.74. The number of amides is 1. The van der Waals surface area contributed by atoms with Crippen LogP contribution in [-0.4, -0.2) is 18.5 Å². The van der Waals surface area contributed by atoms with Crippen molar-refractivity contribution in [2.45, 2.75) is 20.5 Å². The van der Waals surface area contributed by atoms with Crippen molar-refractivity contribution in [2.75, 3.05) is 11.9 Å². The van der Waals surface area contributed by atoms with Gasteiger partial charge in [-0.2, -0.15) is 0 Å². The fourth-order valence-electron chi connectivity index (χ4n) is 2.77. The van der Waals surface area contributed by atoms with Crippen LogP contribution in [0.1, 0.15) is 27.0 Å². The molecule has 5 nitrogen and oxygen atoms in total. The standard InChI is InChI=1S/C24H23NO4/c1-17-8-13-22(18(2)14-17)25-24(27)20-9-11-21(12-10-20)28-16-23(26)29-15-19-6-4-3-5-7-19/h3-14H,15-16H2,1-2H3,(H,25,27). The highest BCUT2D eigenvalue weighted by Crippen LogP contribution is 2.18. The molecule has 0 saturated carbocycles. The molecule has 0 heterocycles. The van der Waals surface area contributed by atoms with Crippen LogP contribution in [0.4, 0.5) is 5.69 Å². The first-order valence-corrected chi connectivity index (χ1v) is 9.32. The molecule has 1 N–H and O–H groups in total. The number of aryl methyl sites for hydroxylation is 2. The molecule has 0 aliphatic heterocycles. The number of carbonyl (C=O) groups is 2. The third-order valence-corrected chi connectivity index (χ3v) is 4.35. The van der Waals surface area contributed by atoms with Gasteiger partial charge in [-0.05, 0) is 55.3 Å². The van der Waals surface area contributed by atoms with Crippen LogP contribution in [0.3, 0.4) is 0 Å². The zero-order valence-corrected chi connectivity index (χ0v) is 16.5. The molecule has 3 aromatic carbocycles. The second-order valence-electron chi connectivity index (χ2n) is 6.73. The zero-order chi connectivity index (χ0) is 20.6. The van der Waals surface area contributed by atoms with Gasteiger partial charge < -0.3 is 14.8 Å². The van der Waals surface area contributed by atoms with Crippen molar-refractivity contribution in [1.82, 2.24) is 0 Å². The van der Waals surface area contributed by atoms with Gasteiger partial charge in [-0.25, -0.2) is 4.79 Å². The molecule has 148 valence electrons. The van der Waals surface area contributed by atoms with Crippen LogP contribution in [0.25, 0.3) is 0 Å². The summed E-state index contributed by atoms with van der Waals surface area (Å²) in [6.07, 6.45) is 0. The van der Waals surface area contributed by atoms with Gasteiger partial charge in [-0.3, -0.25) is 4.79 Å². The van der Waals surface area contributed by atoms with Crippen molar-refractivity contribution in [3.8, 4) is 5.75 Å². The summed E-state index contributed by atoms with van der Waals surface area (Å²) >= 11 is 0. The number of esters is 1. The Kier molecular flexibility index (Phi) is 6.63. The summed E-state index contributed by atoms with van der Waals surface area (Å²) < 4.78 is 10.6. The number of hydrogen-bond acceptors (Lipinski definition) is 4. The predicted octanol–water partition coefficient (Wildman–Crippen LogP) is 4.68. The molecular weight excluding hydrogens is 366 g/mol. The van der Waals surface area contributed by atoms with E-state index in [1.54, 1.807) is 24.3 Å². The monoisotopic (exact) mass is 389 g/mol. The van der Waals surface area contributed by atoms with Crippen LogP contribution in [0.5, 0.6) is 5.75 Å². The molecule has 0 unspecified atom stereocenters. The molecule has 0 fully saturated rings. The quantitative estimate of drug-likeness (QED) is 0.596. The highest BCUT2D eigenvalue weighted by Gasteiger charge is 2.09. The first kappa shape index (κ1) is 20.1. The van der Waals surface area contributed by atoms with Gasteiger partial charge in [-0.1, -0.05) is 48.0 Å². The number of hydrogen-bond donors (Lipinski definition) is 1. The van der Waals surface area contributed by atoms with Crippen LogP contribution < -0.4 is 10.1 Å². The number of rotatable bonds is 7. The van der Waals surface area contributed by atoms with Crippen LogP contribution in [0.2, 0.25) is 0 Å². The van der Waals surface area contributed by atoms with E-state index in [4.69, 9.17) is 9.47 Å². The molecule has 0 radical (unpaired) electrons. The normalized spacial score (nSPS) is 10.3. The smallest absolute Gasteiger partial charge is 0.344 e. The van der Waals surface area contributed by atoms with Crippen LogP contribution >= 0.6 is 0 Å². The Labute approximate surface area is 170 Å². The molecule has 0 aliphatic carbocycles. The lowest BCUT2D eigenvalue weighted by Crippen LogP contribution is -2.15. The molecule has 0 aliphatic rings. The molecule has 0 aromatic heterocycles. The summed E-state index contributed by atoms with van der Waals surface area (Å²) in [6, 6.07) is 21.9. The molecule has 29 heavy (non-hydrogen) atoms. The zero-order valence-electron chi connectivity index (χ0n) is 16.5.